The van der Waals surface area contributed by atoms with Crippen LogP contribution in [0.1, 0.15) is 31.4 Å². The SMILES string of the molecule is CCC(C)NC/C=C/c1ccc(C#N)cc1. The summed E-state index contributed by atoms with van der Waals surface area (Å²) < 4.78 is 0. The molecule has 1 unspecified atom stereocenters. The van der Waals surface area contributed by atoms with Gasteiger partial charge in [-0.3, -0.25) is 0 Å². The van der Waals surface area contributed by atoms with Crippen LogP contribution in [-0.4, -0.2) is 12.6 Å². The van der Waals surface area contributed by atoms with E-state index in [1.807, 2.05) is 24.3 Å². The molecule has 0 fully saturated rings. The van der Waals surface area contributed by atoms with E-state index >= 15 is 0 Å². The average molecular weight is 214 g/mol. The second-order valence-corrected chi connectivity index (χ2v) is 3.85. The zero-order valence-electron chi connectivity index (χ0n) is 9.90. The summed E-state index contributed by atoms with van der Waals surface area (Å²) in [6, 6.07) is 10.3. The number of hydrogen-bond acceptors (Lipinski definition) is 2. The third kappa shape index (κ3) is 4.29. The van der Waals surface area contributed by atoms with E-state index in [1.54, 1.807) is 0 Å². The van der Waals surface area contributed by atoms with Gasteiger partial charge in [0, 0.05) is 12.6 Å². The molecular formula is C14H18N2. The van der Waals surface area contributed by atoms with Crippen LogP contribution < -0.4 is 5.32 Å². The summed E-state index contributed by atoms with van der Waals surface area (Å²) in [6.45, 7) is 5.23. The molecule has 0 aliphatic heterocycles. The van der Waals surface area contributed by atoms with E-state index in [0.717, 1.165) is 18.5 Å². The normalized spacial score (nSPS) is 12.6. The van der Waals surface area contributed by atoms with Crippen LogP contribution in [0.3, 0.4) is 0 Å². The highest BCUT2D eigenvalue weighted by Crippen LogP contribution is 2.04. The third-order valence-electron chi connectivity index (χ3n) is 2.55. The lowest BCUT2D eigenvalue weighted by atomic mass is 10.1. The molecule has 16 heavy (non-hydrogen) atoms. The molecule has 0 aliphatic rings. The van der Waals surface area contributed by atoms with Crippen LogP contribution in [0.5, 0.6) is 0 Å². The lowest BCUT2D eigenvalue weighted by Gasteiger charge is -2.07. The zero-order valence-corrected chi connectivity index (χ0v) is 9.90. The van der Waals surface area contributed by atoms with E-state index in [-0.39, 0.29) is 0 Å². The second-order valence-electron chi connectivity index (χ2n) is 3.85. The second kappa shape index (κ2) is 6.81. The summed E-state index contributed by atoms with van der Waals surface area (Å²) in [5, 5.41) is 12.0. The van der Waals surface area contributed by atoms with Crippen molar-refractivity contribution in [3.63, 3.8) is 0 Å². The molecular weight excluding hydrogens is 196 g/mol. The summed E-state index contributed by atoms with van der Waals surface area (Å²) in [5.74, 6) is 0. The van der Waals surface area contributed by atoms with Crippen molar-refractivity contribution in [2.24, 2.45) is 0 Å². The minimum absolute atomic E-state index is 0.561. The maximum Gasteiger partial charge on any atom is 0.0991 e. The van der Waals surface area contributed by atoms with Gasteiger partial charge in [0.1, 0.15) is 0 Å². The smallest absolute Gasteiger partial charge is 0.0991 e. The van der Waals surface area contributed by atoms with Gasteiger partial charge in [-0.15, -0.1) is 0 Å². The molecule has 0 radical (unpaired) electrons. The van der Waals surface area contributed by atoms with Crippen molar-refractivity contribution in [1.29, 1.82) is 5.26 Å². The van der Waals surface area contributed by atoms with Crippen molar-refractivity contribution in [3.8, 4) is 6.07 Å². The Balaban J connectivity index is 2.41. The van der Waals surface area contributed by atoms with Crippen LogP contribution in [0.25, 0.3) is 6.08 Å². The summed E-state index contributed by atoms with van der Waals surface area (Å²) in [7, 11) is 0. The highest BCUT2D eigenvalue weighted by atomic mass is 14.9. The first kappa shape index (κ1) is 12.5. The van der Waals surface area contributed by atoms with Crippen molar-refractivity contribution in [1.82, 2.24) is 5.32 Å². The van der Waals surface area contributed by atoms with Crippen molar-refractivity contribution in [2.45, 2.75) is 26.3 Å². The summed E-state index contributed by atoms with van der Waals surface area (Å²) in [6.07, 6.45) is 5.31. The van der Waals surface area contributed by atoms with Crippen LogP contribution >= 0.6 is 0 Å². The minimum Gasteiger partial charge on any atom is -0.311 e. The van der Waals surface area contributed by atoms with Crippen LogP contribution in [0, 0.1) is 11.3 Å². The number of nitriles is 1. The van der Waals surface area contributed by atoms with Gasteiger partial charge in [0.15, 0.2) is 0 Å². The van der Waals surface area contributed by atoms with Gasteiger partial charge in [-0.05, 0) is 31.0 Å². The first-order valence-electron chi connectivity index (χ1n) is 5.66. The maximum absolute atomic E-state index is 8.65. The van der Waals surface area contributed by atoms with E-state index in [0.29, 0.717) is 11.6 Å². The van der Waals surface area contributed by atoms with Crippen LogP contribution in [0.15, 0.2) is 30.3 Å². The fraction of sp³-hybridized carbons (Fsp3) is 0.357. The Labute approximate surface area is 97.6 Å². The molecule has 0 bridgehead atoms. The Morgan fingerprint density at radius 2 is 2.06 bits per heavy atom. The quantitative estimate of drug-likeness (QED) is 0.818. The monoisotopic (exact) mass is 214 g/mol. The standard InChI is InChI=1S/C14H18N2/c1-3-12(2)16-10-4-5-13-6-8-14(11-15)9-7-13/h4-9,12,16H,3,10H2,1-2H3/b5-4+. The van der Waals surface area contributed by atoms with Gasteiger partial charge in [0.25, 0.3) is 0 Å². The fourth-order valence-electron chi connectivity index (χ4n) is 1.28. The Morgan fingerprint density at radius 3 is 2.62 bits per heavy atom. The third-order valence-corrected chi connectivity index (χ3v) is 2.55. The number of rotatable bonds is 5. The van der Waals surface area contributed by atoms with Crippen LogP contribution in [0.4, 0.5) is 0 Å². The number of benzene rings is 1. The van der Waals surface area contributed by atoms with Gasteiger partial charge >= 0.3 is 0 Å². The highest BCUT2D eigenvalue weighted by Gasteiger charge is 1.93. The van der Waals surface area contributed by atoms with Crippen LogP contribution in [-0.2, 0) is 0 Å². The summed E-state index contributed by atoms with van der Waals surface area (Å²) in [5.41, 5.74) is 1.83. The number of hydrogen-bond donors (Lipinski definition) is 1. The van der Waals surface area contributed by atoms with Gasteiger partial charge in [-0.1, -0.05) is 31.2 Å². The molecule has 1 aromatic rings. The molecule has 0 saturated carbocycles. The molecule has 1 rings (SSSR count). The maximum atomic E-state index is 8.65. The lowest BCUT2D eigenvalue weighted by molar-refractivity contribution is 0.568. The molecule has 0 heterocycles. The Hall–Kier alpha value is -1.59. The molecule has 84 valence electrons. The Morgan fingerprint density at radius 1 is 1.38 bits per heavy atom. The molecule has 1 aromatic carbocycles. The molecule has 0 aromatic heterocycles. The van der Waals surface area contributed by atoms with Gasteiger partial charge < -0.3 is 5.32 Å². The molecule has 0 spiro atoms. The first-order valence-corrected chi connectivity index (χ1v) is 5.66. The fourth-order valence-corrected chi connectivity index (χ4v) is 1.28. The molecule has 0 saturated heterocycles. The number of nitrogens with zero attached hydrogens (tertiary/aromatic N) is 1. The predicted molar refractivity (Wildman–Crippen MR) is 67.9 cm³/mol. The van der Waals surface area contributed by atoms with E-state index in [1.165, 1.54) is 0 Å². The van der Waals surface area contributed by atoms with Gasteiger partial charge in [0.2, 0.25) is 0 Å². The summed E-state index contributed by atoms with van der Waals surface area (Å²) >= 11 is 0. The first-order chi connectivity index (χ1) is 7.76. The van der Waals surface area contributed by atoms with E-state index in [9.17, 15) is 0 Å². The molecule has 0 amide bonds. The predicted octanol–water partition coefficient (Wildman–Crippen LogP) is 2.96. The van der Waals surface area contributed by atoms with Crippen molar-refractivity contribution < 1.29 is 0 Å². The van der Waals surface area contributed by atoms with Crippen molar-refractivity contribution in [2.75, 3.05) is 6.54 Å². The van der Waals surface area contributed by atoms with E-state index < -0.39 is 0 Å². The minimum atomic E-state index is 0.561. The van der Waals surface area contributed by atoms with Gasteiger partial charge in [-0.25, -0.2) is 0 Å². The topological polar surface area (TPSA) is 35.8 Å². The van der Waals surface area contributed by atoms with Crippen molar-refractivity contribution >= 4 is 6.08 Å². The Bertz CT molecular complexity index is 371. The molecule has 1 atom stereocenters. The molecule has 2 heteroatoms. The largest absolute Gasteiger partial charge is 0.311 e. The van der Waals surface area contributed by atoms with Crippen molar-refractivity contribution in [3.05, 3.63) is 41.5 Å². The van der Waals surface area contributed by atoms with Crippen LogP contribution in [0.2, 0.25) is 0 Å². The Kier molecular flexibility index (Phi) is 5.31. The van der Waals surface area contributed by atoms with Gasteiger partial charge in [-0.2, -0.15) is 5.26 Å². The average Bonchev–Trinajstić information content (AvgIpc) is 2.35. The van der Waals surface area contributed by atoms with E-state index in [4.69, 9.17) is 5.26 Å². The van der Waals surface area contributed by atoms with E-state index in [2.05, 4.69) is 37.4 Å². The summed E-state index contributed by atoms with van der Waals surface area (Å²) in [4.78, 5) is 0. The molecule has 2 nitrogen and oxygen atoms in total. The highest BCUT2D eigenvalue weighted by molar-refractivity contribution is 5.51. The molecule has 1 N–H and O–H groups in total. The molecule has 0 aliphatic carbocycles. The van der Waals surface area contributed by atoms with Gasteiger partial charge in [0.05, 0.1) is 11.6 Å². The number of nitrogens with one attached hydrogen (secondary N) is 1. The zero-order chi connectivity index (χ0) is 11.8. The lowest BCUT2D eigenvalue weighted by Crippen LogP contribution is -2.24.